The van der Waals surface area contributed by atoms with E-state index in [2.05, 4.69) is 15.0 Å². The lowest BCUT2D eigenvalue weighted by atomic mass is 10.2. The van der Waals surface area contributed by atoms with Crippen LogP contribution in [0.2, 0.25) is 0 Å². The monoisotopic (exact) mass is 452 g/mol. The fourth-order valence-electron chi connectivity index (χ4n) is 2.82. The number of hydrogen-bond donors (Lipinski definition) is 1. The van der Waals surface area contributed by atoms with Crippen LogP contribution in [0.5, 0.6) is 5.75 Å². The summed E-state index contributed by atoms with van der Waals surface area (Å²) in [6.45, 7) is 4.64. The quantitative estimate of drug-likeness (QED) is 0.621. The van der Waals surface area contributed by atoms with E-state index in [1.165, 1.54) is 37.7 Å². The van der Waals surface area contributed by atoms with Crippen LogP contribution in [0.4, 0.5) is 13.2 Å². The first kappa shape index (κ1) is 22.5. The number of halogens is 3. The van der Waals surface area contributed by atoms with Crippen molar-refractivity contribution in [3.8, 4) is 23.3 Å². The van der Waals surface area contributed by atoms with Crippen LogP contribution >= 0.6 is 0 Å². The maximum absolute atomic E-state index is 13.0. The number of alkyl halides is 3. The molecule has 3 aromatic heterocycles. The summed E-state index contributed by atoms with van der Waals surface area (Å²) < 4.78 is 67.3. The Balaban J connectivity index is 2.23. The Morgan fingerprint density at radius 2 is 1.94 bits per heavy atom. The van der Waals surface area contributed by atoms with Crippen LogP contribution in [0.3, 0.4) is 0 Å². The van der Waals surface area contributed by atoms with Crippen molar-refractivity contribution >= 4 is 20.9 Å². The molecule has 12 heteroatoms. The molecule has 0 radical (unpaired) electrons. The number of nitrogens with one attached hydrogen (secondary N) is 1. The zero-order valence-corrected chi connectivity index (χ0v) is 17.9. The average Bonchev–Trinajstić information content (AvgIpc) is 3.03. The molecule has 0 saturated carbocycles. The third-order valence-electron chi connectivity index (χ3n) is 4.48. The maximum Gasteiger partial charge on any atom is 0.417 e. The number of rotatable bonds is 5. The van der Waals surface area contributed by atoms with E-state index in [0.29, 0.717) is 6.20 Å². The molecule has 0 spiro atoms. The van der Waals surface area contributed by atoms with E-state index >= 15 is 0 Å². The minimum atomic E-state index is -4.58. The molecule has 0 saturated heterocycles. The van der Waals surface area contributed by atoms with Gasteiger partial charge in [0.1, 0.15) is 23.0 Å². The molecule has 1 atom stereocenters. The second-order valence-corrected chi connectivity index (χ2v) is 9.63. The molecule has 0 aliphatic carbocycles. The van der Waals surface area contributed by atoms with Crippen molar-refractivity contribution in [1.29, 1.82) is 10.0 Å². The molecule has 0 amide bonds. The molecule has 0 aliphatic heterocycles. The number of nitriles is 1. The lowest BCUT2D eigenvalue weighted by molar-refractivity contribution is -0.137. The maximum atomic E-state index is 13.0. The average molecular weight is 452 g/mol. The Labute approximate surface area is 176 Å². The van der Waals surface area contributed by atoms with Crippen LogP contribution in [-0.2, 0) is 23.0 Å². The molecule has 164 valence electrons. The number of imidazole rings is 1. The fraction of sp³-hybridized carbons (Fsp3) is 0.368. The number of hydrogen-bond acceptors (Lipinski definition) is 7. The highest BCUT2D eigenvalue weighted by Crippen LogP contribution is 2.34. The van der Waals surface area contributed by atoms with Crippen LogP contribution in [0.25, 0.3) is 22.7 Å². The topological polar surface area (TPSA) is 118 Å². The van der Waals surface area contributed by atoms with Crippen molar-refractivity contribution in [3.05, 3.63) is 30.1 Å². The van der Waals surface area contributed by atoms with Gasteiger partial charge in [-0.15, -0.1) is 0 Å². The van der Waals surface area contributed by atoms with Gasteiger partial charge in [-0.2, -0.15) is 18.4 Å². The fourth-order valence-corrected chi connectivity index (χ4v) is 3.89. The normalized spacial score (nSPS) is 14.3. The molecule has 31 heavy (non-hydrogen) atoms. The van der Waals surface area contributed by atoms with Gasteiger partial charge in [0.2, 0.25) is 0 Å². The van der Waals surface area contributed by atoms with Gasteiger partial charge in [0, 0.05) is 25.1 Å². The Morgan fingerprint density at radius 1 is 1.26 bits per heavy atom. The van der Waals surface area contributed by atoms with E-state index in [1.807, 2.05) is 6.07 Å². The third-order valence-corrected chi connectivity index (χ3v) is 6.31. The van der Waals surface area contributed by atoms with Gasteiger partial charge in [-0.05, 0) is 19.9 Å². The van der Waals surface area contributed by atoms with Crippen LogP contribution in [0.15, 0.2) is 29.4 Å². The highest BCUT2D eigenvalue weighted by atomic mass is 32.2. The summed E-state index contributed by atoms with van der Waals surface area (Å²) in [4.78, 5) is 12.3. The number of fused-ring (bicyclic) bond motifs is 1. The smallest absolute Gasteiger partial charge is 0.417 e. The SMILES string of the molecule is CC[S@@](=N)(=O)c1cc(OC(C)(C)C#N)cnc1-c1nc2cc(C(F)(F)F)cnc2n1C. The minimum Gasteiger partial charge on any atom is -0.471 e. The molecule has 0 bridgehead atoms. The number of pyridine rings is 2. The number of aryl methyl sites for hydroxylation is 1. The van der Waals surface area contributed by atoms with Crippen molar-refractivity contribution in [3.63, 3.8) is 0 Å². The first-order valence-electron chi connectivity index (χ1n) is 9.06. The predicted octanol–water partition coefficient (Wildman–Crippen LogP) is 4.16. The van der Waals surface area contributed by atoms with Crippen LogP contribution in [0, 0.1) is 16.1 Å². The largest absolute Gasteiger partial charge is 0.471 e. The molecule has 8 nitrogen and oxygen atoms in total. The third kappa shape index (κ3) is 4.32. The molecule has 0 aromatic carbocycles. The molecule has 0 fully saturated rings. The summed E-state index contributed by atoms with van der Waals surface area (Å²) in [6, 6.07) is 4.19. The first-order valence-corrected chi connectivity index (χ1v) is 10.8. The van der Waals surface area contributed by atoms with Crippen molar-refractivity contribution < 1.29 is 22.1 Å². The zero-order chi connectivity index (χ0) is 23.2. The van der Waals surface area contributed by atoms with Gasteiger partial charge in [0.05, 0.1) is 26.4 Å². The Kier molecular flexibility index (Phi) is 5.43. The standard InChI is InChI=1S/C19H19F3N6O2S/c1-5-31(24,29)14-7-12(30-18(2,3)10-23)9-25-15(14)17-27-13-6-11(19(20,21)22)8-26-16(13)28(17)4/h6-9,24H,5H2,1-4H3/t31-/m1/s1. The molecule has 0 unspecified atom stereocenters. The number of aromatic nitrogens is 4. The van der Waals surface area contributed by atoms with Gasteiger partial charge in [0.15, 0.2) is 17.1 Å². The molecule has 0 aliphatic rings. The predicted molar refractivity (Wildman–Crippen MR) is 107 cm³/mol. The first-order chi connectivity index (χ1) is 14.3. The lowest BCUT2D eigenvalue weighted by Gasteiger charge is -2.19. The summed E-state index contributed by atoms with van der Waals surface area (Å²) in [5, 5.41) is 9.17. The van der Waals surface area contributed by atoms with E-state index in [1.54, 1.807) is 6.92 Å². The van der Waals surface area contributed by atoms with Gasteiger partial charge in [-0.25, -0.2) is 23.9 Å². The van der Waals surface area contributed by atoms with E-state index in [0.717, 1.165) is 6.07 Å². The Bertz CT molecular complexity index is 1310. The molecule has 3 rings (SSSR count). The lowest BCUT2D eigenvalue weighted by Crippen LogP contribution is -2.25. The van der Waals surface area contributed by atoms with E-state index < -0.39 is 27.1 Å². The summed E-state index contributed by atoms with van der Waals surface area (Å²) in [5.74, 6) is 0.207. The number of nitrogens with zero attached hydrogens (tertiary/aromatic N) is 5. The van der Waals surface area contributed by atoms with Crippen LogP contribution in [0.1, 0.15) is 26.3 Å². The molecule has 1 N–H and O–H groups in total. The van der Waals surface area contributed by atoms with Gasteiger partial charge < -0.3 is 9.30 Å². The zero-order valence-electron chi connectivity index (χ0n) is 17.1. The molecule has 3 aromatic rings. The Morgan fingerprint density at radius 3 is 2.52 bits per heavy atom. The summed E-state index contributed by atoms with van der Waals surface area (Å²) in [6.07, 6.45) is -2.58. The van der Waals surface area contributed by atoms with Crippen molar-refractivity contribution in [2.75, 3.05) is 5.75 Å². The van der Waals surface area contributed by atoms with Crippen molar-refractivity contribution in [2.45, 2.75) is 37.4 Å². The molecule has 3 heterocycles. The van der Waals surface area contributed by atoms with Gasteiger partial charge >= 0.3 is 6.18 Å². The second-order valence-electron chi connectivity index (χ2n) is 7.26. The highest BCUT2D eigenvalue weighted by Gasteiger charge is 2.32. The summed E-state index contributed by atoms with van der Waals surface area (Å²) in [5.41, 5.74) is -1.91. The van der Waals surface area contributed by atoms with Crippen LogP contribution in [-0.4, -0.2) is 35.1 Å². The minimum absolute atomic E-state index is 0.00990. The second kappa shape index (κ2) is 7.49. The van der Waals surface area contributed by atoms with Crippen molar-refractivity contribution in [1.82, 2.24) is 19.5 Å². The van der Waals surface area contributed by atoms with E-state index in [9.17, 15) is 22.6 Å². The van der Waals surface area contributed by atoms with Gasteiger partial charge in [-0.3, -0.25) is 0 Å². The highest BCUT2D eigenvalue weighted by molar-refractivity contribution is 7.92. The Hall–Kier alpha value is -3.20. The summed E-state index contributed by atoms with van der Waals surface area (Å²) >= 11 is 0. The van der Waals surface area contributed by atoms with E-state index in [-0.39, 0.29) is 39.1 Å². The molecular formula is C19H19F3N6O2S. The van der Waals surface area contributed by atoms with Gasteiger partial charge in [-0.1, -0.05) is 6.92 Å². The van der Waals surface area contributed by atoms with E-state index in [4.69, 9.17) is 9.52 Å². The van der Waals surface area contributed by atoms with Gasteiger partial charge in [0.25, 0.3) is 0 Å². The van der Waals surface area contributed by atoms with Crippen molar-refractivity contribution in [2.24, 2.45) is 7.05 Å². The number of ether oxygens (including phenoxy) is 1. The molecular weight excluding hydrogens is 433 g/mol. The summed E-state index contributed by atoms with van der Waals surface area (Å²) in [7, 11) is -1.79. The van der Waals surface area contributed by atoms with Crippen LogP contribution < -0.4 is 4.74 Å².